The van der Waals surface area contributed by atoms with Crippen LogP contribution >= 0.6 is 0 Å². The normalized spacial score (nSPS) is 10.5. The molecule has 1 heterocycles. The van der Waals surface area contributed by atoms with Crippen molar-refractivity contribution in [1.29, 1.82) is 0 Å². The van der Waals surface area contributed by atoms with Crippen molar-refractivity contribution in [2.24, 2.45) is 0 Å². The van der Waals surface area contributed by atoms with Gasteiger partial charge in [0.05, 0.1) is 40.3 Å². The van der Waals surface area contributed by atoms with Gasteiger partial charge in [-0.05, 0) is 35.9 Å². The third-order valence-electron chi connectivity index (χ3n) is 4.08. The molecule has 2 aromatic carbocycles. The molecule has 26 heavy (non-hydrogen) atoms. The second kappa shape index (κ2) is 7.26. The molecule has 3 aromatic rings. The van der Waals surface area contributed by atoms with E-state index in [-0.39, 0.29) is 5.75 Å². The highest BCUT2D eigenvalue weighted by Gasteiger charge is 2.18. The van der Waals surface area contributed by atoms with Crippen molar-refractivity contribution in [3.63, 3.8) is 0 Å². The summed E-state index contributed by atoms with van der Waals surface area (Å²) in [6.07, 6.45) is 1.71. The smallest absolute Gasteiger partial charge is 0.203 e. The van der Waals surface area contributed by atoms with Gasteiger partial charge in [-0.15, -0.1) is 0 Å². The van der Waals surface area contributed by atoms with Gasteiger partial charge >= 0.3 is 0 Å². The Morgan fingerprint density at radius 2 is 1.46 bits per heavy atom. The summed E-state index contributed by atoms with van der Waals surface area (Å²) in [6.45, 7) is 0. The van der Waals surface area contributed by atoms with Crippen LogP contribution in [0.1, 0.15) is 0 Å². The molecule has 136 valence electrons. The van der Waals surface area contributed by atoms with Crippen LogP contribution in [0, 0.1) is 0 Å². The van der Waals surface area contributed by atoms with Crippen LogP contribution in [0.2, 0.25) is 0 Å². The van der Waals surface area contributed by atoms with Gasteiger partial charge in [0.2, 0.25) is 5.75 Å². The lowest BCUT2D eigenvalue weighted by molar-refractivity contribution is 0.324. The maximum absolute atomic E-state index is 10.1. The summed E-state index contributed by atoms with van der Waals surface area (Å²) in [5, 5.41) is 17.2. The fourth-order valence-corrected chi connectivity index (χ4v) is 2.81. The molecule has 2 N–H and O–H groups in total. The Balaban J connectivity index is 2.13. The van der Waals surface area contributed by atoms with E-state index < -0.39 is 0 Å². The largest absolute Gasteiger partial charge is 0.504 e. The van der Waals surface area contributed by atoms with Crippen LogP contribution in [0.5, 0.6) is 28.7 Å². The first kappa shape index (κ1) is 17.5. The summed E-state index contributed by atoms with van der Waals surface area (Å²) in [4.78, 5) is 0. The number of rotatable bonds is 6. The average molecular weight is 356 g/mol. The highest BCUT2D eigenvalue weighted by atomic mass is 16.5. The lowest BCUT2D eigenvalue weighted by atomic mass is 10.0. The van der Waals surface area contributed by atoms with Crippen molar-refractivity contribution in [1.82, 2.24) is 10.2 Å². The van der Waals surface area contributed by atoms with Crippen molar-refractivity contribution in [3.05, 3.63) is 36.5 Å². The number of aromatic hydroxyl groups is 1. The van der Waals surface area contributed by atoms with Crippen LogP contribution in [0.4, 0.5) is 0 Å². The number of aromatic amines is 1. The number of phenolic OH excluding ortho intramolecular Hbond substituents is 1. The van der Waals surface area contributed by atoms with Crippen molar-refractivity contribution in [2.45, 2.75) is 0 Å². The van der Waals surface area contributed by atoms with E-state index in [0.717, 1.165) is 22.4 Å². The predicted molar refractivity (Wildman–Crippen MR) is 97.3 cm³/mol. The molecule has 0 spiro atoms. The minimum absolute atomic E-state index is 0.0513. The van der Waals surface area contributed by atoms with E-state index in [0.29, 0.717) is 23.0 Å². The van der Waals surface area contributed by atoms with E-state index >= 15 is 0 Å². The molecule has 0 fully saturated rings. The van der Waals surface area contributed by atoms with Crippen LogP contribution in [0.25, 0.3) is 22.4 Å². The van der Waals surface area contributed by atoms with Crippen LogP contribution in [0.15, 0.2) is 36.5 Å². The molecule has 0 atom stereocenters. The van der Waals surface area contributed by atoms with Gasteiger partial charge in [0.25, 0.3) is 0 Å². The fraction of sp³-hybridized carbons (Fsp3) is 0.211. The van der Waals surface area contributed by atoms with Gasteiger partial charge in [-0.1, -0.05) is 0 Å². The molecule has 0 saturated heterocycles. The zero-order valence-electron chi connectivity index (χ0n) is 15.0. The van der Waals surface area contributed by atoms with Crippen molar-refractivity contribution in [3.8, 4) is 51.1 Å². The summed E-state index contributed by atoms with van der Waals surface area (Å²) in [5.41, 5.74) is 3.18. The summed E-state index contributed by atoms with van der Waals surface area (Å²) in [7, 11) is 6.20. The number of benzene rings is 2. The SMILES string of the molecule is COc1ccc(-c2[nH]ncc2-c2cc(OC)c(OC)c(OC)c2)cc1O. The van der Waals surface area contributed by atoms with Crippen molar-refractivity contribution >= 4 is 0 Å². The molecule has 0 aliphatic rings. The maximum atomic E-state index is 10.1. The molecule has 0 unspecified atom stereocenters. The zero-order valence-corrected chi connectivity index (χ0v) is 15.0. The topological polar surface area (TPSA) is 85.8 Å². The number of ether oxygens (including phenoxy) is 4. The Hall–Kier alpha value is -3.35. The number of phenols is 1. The van der Waals surface area contributed by atoms with Crippen molar-refractivity contribution in [2.75, 3.05) is 28.4 Å². The number of aromatic nitrogens is 2. The van der Waals surface area contributed by atoms with E-state index in [9.17, 15) is 5.11 Å². The molecule has 0 radical (unpaired) electrons. The summed E-state index contributed by atoms with van der Waals surface area (Å²) >= 11 is 0. The van der Waals surface area contributed by atoms with E-state index in [4.69, 9.17) is 18.9 Å². The highest BCUT2D eigenvalue weighted by Crippen LogP contribution is 2.43. The minimum Gasteiger partial charge on any atom is -0.504 e. The first-order valence-corrected chi connectivity index (χ1v) is 7.84. The third kappa shape index (κ3) is 2.99. The Labute approximate surface area is 151 Å². The fourth-order valence-electron chi connectivity index (χ4n) is 2.81. The molecule has 3 rings (SSSR count). The minimum atomic E-state index is 0.0513. The van der Waals surface area contributed by atoms with Crippen LogP contribution < -0.4 is 18.9 Å². The average Bonchev–Trinajstić information content (AvgIpc) is 3.16. The maximum Gasteiger partial charge on any atom is 0.203 e. The molecule has 0 bridgehead atoms. The molecule has 7 nitrogen and oxygen atoms in total. The Kier molecular flexibility index (Phi) is 4.88. The summed E-state index contributed by atoms with van der Waals surface area (Å²) in [5.74, 6) is 2.07. The van der Waals surface area contributed by atoms with Crippen LogP contribution in [-0.4, -0.2) is 43.7 Å². The number of nitrogens with zero attached hydrogens (tertiary/aromatic N) is 1. The van der Waals surface area contributed by atoms with Gasteiger partial charge < -0.3 is 24.1 Å². The van der Waals surface area contributed by atoms with E-state index in [1.165, 1.54) is 7.11 Å². The van der Waals surface area contributed by atoms with Gasteiger partial charge in [0.15, 0.2) is 23.0 Å². The zero-order chi connectivity index (χ0) is 18.7. The monoisotopic (exact) mass is 356 g/mol. The Bertz CT molecular complexity index is 895. The van der Waals surface area contributed by atoms with E-state index in [1.54, 1.807) is 39.7 Å². The molecular formula is C19H20N2O5. The molecule has 0 saturated carbocycles. The molecule has 0 aliphatic heterocycles. The molecule has 0 aliphatic carbocycles. The molecular weight excluding hydrogens is 336 g/mol. The Morgan fingerprint density at radius 1 is 0.808 bits per heavy atom. The van der Waals surface area contributed by atoms with Gasteiger partial charge in [0.1, 0.15) is 0 Å². The summed E-state index contributed by atoms with van der Waals surface area (Å²) < 4.78 is 21.3. The van der Waals surface area contributed by atoms with E-state index in [2.05, 4.69) is 10.2 Å². The molecule has 0 amide bonds. The van der Waals surface area contributed by atoms with Gasteiger partial charge in [-0.25, -0.2) is 0 Å². The van der Waals surface area contributed by atoms with Crippen molar-refractivity contribution < 1.29 is 24.1 Å². The number of methoxy groups -OCH3 is 4. The predicted octanol–water partition coefficient (Wildman–Crippen LogP) is 3.48. The standard InChI is InChI=1S/C19H20N2O5/c1-23-15-6-5-11(7-14(15)22)18-13(10-20-21-18)12-8-16(24-2)19(26-4)17(9-12)25-3/h5-10,22H,1-4H3,(H,20,21). The number of H-pyrrole nitrogens is 1. The first-order valence-electron chi connectivity index (χ1n) is 7.84. The quantitative estimate of drug-likeness (QED) is 0.703. The van der Waals surface area contributed by atoms with Gasteiger partial charge in [0, 0.05) is 11.1 Å². The number of nitrogens with one attached hydrogen (secondary N) is 1. The second-order valence-corrected chi connectivity index (χ2v) is 5.46. The van der Waals surface area contributed by atoms with Gasteiger partial charge in [-0.2, -0.15) is 5.10 Å². The second-order valence-electron chi connectivity index (χ2n) is 5.46. The highest BCUT2D eigenvalue weighted by molar-refractivity contribution is 5.83. The number of hydrogen-bond acceptors (Lipinski definition) is 6. The lowest BCUT2D eigenvalue weighted by Crippen LogP contribution is -1.96. The van der Waals surface area contributed by atoms with E-state index in [1.807, 2.05) is 18.2 Å². The van der Waals surface area contributed by atoms with Crippen LogP contribution in [-0.2, 0) is 0 Å². The van der Waals surface area contributed by atoms with Gasteiger partial charge in [-0.3, -0.25) is 5.10 Å². The summed E-state index contributed by atoms with van der Waals surface area (Å²) in [6, 6.07) is 8.85. The third-order valence-corrected chi connectivity index (χ3v) is 4.08. The van der Waals surface area contributed by atoms with Crippen LogP contribution in [0.3, 0.4) is 0 Å². The number of hydrogen-bond donors (Lipinski definition) is 2. The molecule has 1 aromatic heterocycles. The Morgan fingerprint density at radius 3 is 2.00 bits per heavy atom. The first-order chi connectivity index (χ1) is 12.6. The molecule has 7 heteroatoms. The lowest BCUT2D eigenvalue weighted by Gasteiger charge is -2.14.